The lowest BCUT2D eigenvalue weighted by molar-refractivity contribution is 0.582. The van der Waals surface area contributed by atoms with Crippen LogP contribution in [0, 0.1) is 11.6 Å². The molecule has 3 nitrogen and oxygen atoms in total. The van der Waals surface area contributed by atoms with Crippen molar-refractivity contribution in [3.8, 4) is 0 Å². The van der Waals surface area contributed by atoms with Crippen LogP contribution in [0.2, 0.25) is 0 Å². The summed E-state index contributed by atoms with van der Waals surface area (Å²) < 4.78 is 26.6. The lowest BCUT2D eigenvalue weighted by atomic mass is 10.1. The third kappa shape index (κ3) is 3.73. The molecule has 0 aliphatic carbocycles. The Morgan fingerprint density at radius 3 is 2.74 bits per heavy atom. The SMILES string of the molecule is NNC(CSc1ccccc1F)c1cncc(F)c1. The molecule has 1 aromatic carbocycles. The zero-order valence-corrected chi connectivity index (χ0v) is 10.8. The van der Waals surface area contributed by atoms with E-state index >= 15 is 0 Å². The highest BCUT2D eigenvalue weighted by Crippen LogP contribution is 2.26. The van der Waals surface area contributed by atoms with E-state index in [1.54, 1.807) is 18.2 Å². The smallest absolute Gasteiger partial charge is 0.141 e. The third-order valence-electron chi connectivity index (χ3n) is 2.57. The fourth-order valence-electron chi connectivity index (χ4n) is 1.59. The maximum Gasteiger partial charge on any atom is 0.141 e. The minimum atomic E-state index is -0.423. The molecule has 1 aromatic heterocycles. The van der Waals surface area contributed by atoms with Crippen molar-refractivity contribution in [2.75, 3.05) is 5.75 Å². The fourth-order valence-corrected chi connectivity index (χ4v) is 2.61. The second-order valence-electron chi connectivity index (χ2n) is 3.90. The first-order valence-corrected chi connectivity index (χ1v) is 6.63. The van der Waals surface area contributed by atoms with Crippen molar-refractivity contribution >= 4 is 11.8 Å². The van der Waals surface area contributed by atoms with Crippen LogP contribution < -0.4 is 11.3 Å². The van der Waals surface area contributed by atoms with E-state index in [2.05, 4.69) is 10.4 Å². The molecule has 0 bridgehead atoms. The average Bonchev–Trinajstić information content (AvgIpc) is 2.41. The molecular weight excluding hydrogens is 268 g/mol. The van der Waals surface area contributed by atoms with Crippen molar-refractivity contribution in [1.29, 1.82) is 0 Å². The largest absolute Gasteiger partial charge is 0.271 e. The Morgan fingerprint density at radius 1 is 1.26 bits per heavy atom. The number of pyridine rings is 1. The van der Waals surface area contributed by atoms with Gasteiger partial charge in [0.2, 0.25) is 0 Å². The zero-order chi connectivity index (χ0) is 13.7. The van der Waals surface area contributed by atoms with Crippen molar-refractivity contribution in [1.82, 2.24) is 10.4 Å². The van der Waals surface area contributed by atoms with Gasteiger partial charge in [0.05, 0.1) is 12.2 Å². The predicted octanol–water partition coefficient (Wildman–Crippen LogP) is 2.66. The summed E-state index contributed by atoms with van der Waals surface area (Å²) in [4.78, 5) is 4.31. The van der Waals surface area contributed by atoms with Crippen molar-refractivity contribution in [2.24, 2.45) is 5.84 Å². The zero-order valence-electron chi connectivity index (χ0n) is 10.0. The van der Waals surface area contributed by atoms with E-state index in [0.29, 0.717) is 16.2 Å². The second kappa shape index (κ2) is 6.60. The van der Waals surface area contributed by atoms with E-state index < -0.39 is 5.82 Å². The van der Waals surface area contributed by atoms with Gasteiger partial charge < -0.3 is 0 Å². The highest BCUT2D eigenvalue weighted by Gasteiger charge is 2.12. The molecule has 1 heterocycles. The molecule has 0 aliphatic heterocycles. The van der Waals surface area contributed by atoms with Crippen molar-refractivity contribution in [2.45, 2.75) is 10.9 Å². The molecule has 2 rings (SSSR count). The first kappa shape index (κ1) is 13.9. The number of halogens is 2. The van der Waals surface area contributed by atoms with Gasteiger partial charge in [-0.05, 0) is 23.8 Å². The van der Waals surface area contributed by atoms with Gasteiger partial charge in [-0.25, -0.2) is 8.78 Å². The summed E-state index contributed by atoms with van der Waals surface area (Å²) in [6, 6.07) is 7.55. The van der Waals surface area contributed by atoms with E-state index in [1.165, 1.54) is 30.1 Å². The highest BCUT2D eigenvalue weighted by molar-refractivity contribution is 7.99. The predicted molar refractivity (Wildman–Crippen MR) is 71.4 cm³/mol. The van der Waals surface area contributed by atoms with Crippen LogP contribution in [-0.4, -0.2) is 10.7 Å². The van der Waals surface area contributed by atoms with Gasteiger partial charge in [0.1, 0.15) is 11.6 Å². The molecule has 3 N–H and O–H groups in total. The first-order chi connectivity index (χ1) is 9.20. The molecule has 0 saturated heterocycles. The Bertz CT molecular complexity index is 551. The summed E-state index contributed by atoms with van der Waals surface area (Å²) >= 11 is 1.31. The number of nitrogens with two attached hydrogens (primary N) is 1. The van der Waals surface area contributed by atoms with Crippen LogP contribution in [-0.2, 0) is 0 Å². The number of thioether (sulfide) groups is 1. The Hall–Kier alpha value is -1.50. The molecule has 2 aromatic rings. The van der Waals surface area contributed by atoms with Crippen molar-refractivity contribution < 1.29 is 8.78 Å². The molecular formula is C13H13F2N3S. The molecule has 0 radical (unpaired) electrons. The number of nitrogens with one attached hydrogen (secondary N) is 1. The number of aromatic nitrogens is 1. The molecule has 6 heteroatoms. The summed E-state index contributed by atoms with van der Waals surface area (Å²) in [7, 11) is 0. The molecule has 0 fully saturated rings. The number of hydrazine groups is 1. The summed E-state index contributed by atoms with van der Waals surface area (Å²) in [5.74, 6) is 5.22. The summed E-state index contributed by atoms with van der Waals surface area (Å²) in [6.07, 6.45) is 2.66. The maximum atomic E-state index is 13.5. The molecule has 1 atom stereocenters. The number of benzene rings is 1. The minimum absolute atomic E-state index is 0.277. The molecule has 19 heavy (non-hydrogen) atoms. The van der Waals surface area contributed by atoms with Crippen LogP contribution in [0.1, 0.15) is 11.6 Å². The Labute approximate surface area is 114 Å². The van der Waals surface area contributed by atoms with Crippen molar-refractivity contribution in [3.63, 3.8) is 0 Å². The van der Waals surface area contributed by atoms with Gasteiger partial charge in [0.15, 0.2) is 0 Å². The fraction of sp³-hybridized carbons (Fsp3) is 0.154. The van der Waals surface area contributed by atoms with Crippen LogP contribution in [0.3, 0.4) is 0 Å². The number of nitrogens with zero attached hydrogens (tertiary/aromatic N) is 1. The lowest BCUT2D eigenvalue weighted by Crippen LogP contribution is -2.29. The van der Waals surface area contributed by atoms with E-state index in [4.69, 9.17) is 5.84 Å². The molecule has 1 unspecified atom stereocenters. The van der Waals surface area contributed by atoms with Gasteiger partial charge in [0.25, 0.3) is 0 Å². The molecule has 0 saturated carbocycles. The Kier molecular flexibility index (Phi) is 4.84. The second-order valence-corrected chi connectivity index (χ2v) is 4.96. The van der Waals surface area contributed by atoms with E-state index in [1.807, 2.05) is 0 Å². The quantitative estimate of drug-likeness (QED) is 0.502. The molecule has 0 spiro atoms. The highest BCUT2D eigenvalue weighted by atomic mass is 32.2. The Morgan fingerprint density at radius 2 is 2.05 bits per heavy atom. The van der Waals surface area contributed by atoms with Gasteiger partial charge in [0, 0.05) is 16.8 Å². The number of hydrogen-bond acceptors (Lipinski definition) is 4. The molecule has 0 aliphatic rings. The van der Waals surface area contributed by atoms with Crippen LogP contribution >= 0.6 is 11.8 Å². The van der Waals surface area contributed by atoms with Gasteiger partial charge >= 0.3 is 0 Å². The van der Waals surface area contributed by atoms with Crippen molar-refractivity contribution in [3.05, 3.63) is 59.9 Å². The van der Waals surface area contributed by atoms with Crippen LogP contribution in [0.5, 0.6) is 0 Å². The Balaban J connectivity index is 2.06. The summed E-state index contributed by atoms with van der Waals surface area (Å²) in [6.45, 7) is 0. The van der Waals surface area contributed by atoms with Gasteiger partial charge in [-0.2, -0.15) is 0 Å². The van der Waals surface area contributed by atoms with E-state index in [9.17, 15) is 8.78 Å². The van der Waals surface area contributed by atoms with E-state index in [0.717, 1.165) is 6.20 Å². The van der Waals surface area contributed by atoms with Crippen LogP contribution in [0.4, 0.5) is 8.78 Å². The van der Waals surface area contributed by atoms with Gasteiger partial charge in [-0.1, -0.05) is 12.1 Å². The van der Waals surface area contributed by atoms with Crippen LogP contribution in [0.25, 0.3) is 0 Å². The van der Waals surface area contributed by atoms with E-state index in [-0.39, 0.29) is 11.9 Å². The summed E-state index contributed by atoms with van der Waals surface area (Å²) in [5, 5.41) is 0. The van der Waals surface area contributed by atoms with Gasteiger partial charge in [-0.3, -0.25) is 16.3 Å². The summed E-state index contributed by atoms with van der Waals surface area (Å²) in [5.41, 5.74) is 3.22. The number of hydrogen-bond donors (Lipinski definition) is 2. The van der Waals surface area contributed by atoms with Crippen LogP contribution in [0.15, 0.2) is 47.6 Å². The molecule has 100 valence electrons. The monoisotopic (exact) mass is 281 g/mol. The first-order valence-electron chi connectivity index (χ1n) is 5.64. The maximum absolute atomic E-state index is 13.5. The van der Waals surface area contributed by atoms with Gasteiger partial charge in [-0.15, -0.1) is 11.8 Å². The standard InChI is InChI=1S/C13H13F2N3S/c14-10-5-9(6-17-7-10)12(18-16)8-19-13-4-2-1-3-11(13)15/h1-7,12,18H,8,16H2. The normalized spacial score (nSPS) is 12.4. The third-order valence-corrected chi connectivity index (χ3v) is 3.71. The lowest BCUT2D eigenvalue weighted by Gasteiger charge is -2.15. The average molecular weight is 281 g/mol. The molecule has 0 amide bonds. The topological polar surface area (TPSA) is 50.9 Å². The minimum Gasteiger partial charge on any atom is -0.271 e. The number of rotatable bonds is 5.